The van der Waals surface area contributed by atoms with Crippen molar-refractivity contribution in [3.63, 3.8) is 0 Å². The smallest absolute Gasteiger partial charge is 0.335 e. The molecule has 0 bridgehead atoms. The Morgan fingerprint density at radius 1 is 1.21 bits per heavy atom. The molecule has 0 radical (unpaired) electrons. The van der Waals surface area contributed by atoms with Crippen LogP contribution in [0.3, 0.4) is 0 Å². The van der Waals surface area contributed by atoms with Crippen LogP contribution in [0.4, 0.5) is 0 Å². The number of carboxylic acids is 1. The summed E-state index contributed by atoms with van der Waals surface area (Å²) in [5, 5.41) is 12.5. The molecule has 2 rings (SSSR count). The molecule has 0 saturated heterocycles. The molecule has 1 heterocycles. The van der Waals surface area contributed by atoms with Crippen LogP contribution in [0.2, 0.25) is 0 Å². The predicted molar refractivity (Wildman–Crippen MR) is 67.2 cm³/mol. The van der Waals surface area contributed by atoms with Gasteiger partial charge in [-0.1, -0.05) is 12.1 Å². The second kappa shape index (κ2) is 5.63. The predicted octanol–water partition coefficient (Wildman–Crippen LogP) is 1.74. The standard InChI is InChI=1S/C13H10N2O4/c16-12(11-2-1-7-19-11)15-14-8-9-3-5-10(6-4-9)13(17)18/h1-8H,(H,15,16)(H,17,18). The number of nitrogens with zero attached hydrogens (tertiary/aromatic N) is 1. The minimum atomic E-state index is -0.991. The van der Waals surface area contributed by atoms with Crippen LogP contribution in [-0.4, -0.2) is 23.2 Å². The third kappa shape index (κ3) is 3.29. The summed E-state index contributed by atoms with van der Waals surface area (Å²) in [5.41, 5.74) is 3.15. The summed E-state index contributed by atoms with van der Waals surface area (Å²) >= 11 is 0. The Morgan fingerprint density at radius 3 is 2.53 bits per heavy atom. The summed E-state index contributed by atoms with van der Waals surface area (Å²) in [6.07, 6.45) is 2.80. The fourth-order valence-corrected chi connectivity index (χ4v) is 1.34. The minimum Gasteiger partial charge on any atom is -0.478 e. The maximum Gasteiger partial charge on any atom is 0.335 e. The number of hydrazone groups is 1. The quantitative estimate of drug-likeness (QED) is 0.645. The highest BCUT2D eigenvalue weighted by atomic mass is 16.4. The van der Waals surface area contributed by atoms with Crippen molar-refractivity contribution in [1.82, 2.24) is 5.43 Å². The van der Waals surface area contributed by atoms with Crippen LogP contribution in [0.5, 0.6) is 0 Å². The lowest BCUT2D eigenvalue weighted by molar-refractivity contribution is 0.0696. The van der Waals surface area contributed by atoms with E-state index in [1.54, 1.807) is 18.2 Å². The van der Waals surface area contributed by atoms with E-state index in [-0.39, 0.29) is 11.3 Å². The lowest BCUT2D eigenvalue weighted by atomic mass is 10.1. The molecule has 2 aromatic rings. The van der Waals surface area contributed by atoms with E-state index in [0.29, 0.717) is 5.56 Å². The number of carbonyl (C=O) groups excluding carboxylic acids is 1. The van der Waals surface area contributed by atoms with Gasteiger partial charge in [-0.25, -0.2) is 10.2 Å². The van der Waals surface area contributed by atoms with E-state index in [1.807, 2.05) is 0 Å². The third-order valence-corrected chi connectivity index (χ3v) is 2.28. The van der Waals surface area contributed by atoms with E-state index >= 15 is 0 Å². The lowest BCUT2D eigenvalue weighted by Crippen LogP contribution is -2.16. The number of nitrogens with one attached hydrogen (secondary N) is 1. The molecule has 2 N–H and O–H groups in total. The fraction of sp³-hybridized carbons (Fsp3) is 0. The van der Waals surface area contributed by atoms with E-state index < -0.39 is 11.9 Å². The zero-order valence-corrected chi connectivity index (χ0v) is 9.74. The minimum absolute atomic E-state index is 0.165. The second-order valence-corrected chi connectivity index (χ2v) is 3.60. The third-order valence-electron chi connectivity index (χ3n) is 2.28. The number of carbonyl (C=O) groups is 2. The van der Waals surface area contributed by atoms with E-state index in [9.17, 15) is 9.59 Å². The Hall–Kier alpha value is -2.89. The number of aromatic carboxylic acids is 1. The van der Waals surface area contributed by atoms with Crippen molar-refractivity contribution in [1.29, 1.82) is 0 Å². The molecule has 1 aromatic carbocycles. The van der Waals surface area contributed by atoms with Crippen molar-refractivity contribution in [3.05, 3.63) is 59.5 Å². The zero-order valence-electron chi connectivity index (χ0n) is 9.74. The van der Waals surface area contributed by atoms with Crippen LogP contribution in [0.15, 0.2) is 52.2 Å². The van der Waals surface area contributed by atoms with Gasteiger partial charge in [-0.05, 0) is 29.8 Å². The van der Waals surface area contributed by atoms with Crippen LogP contribution in [0.1, 0.15) is 26.5 Å². The molecule has 96 valence electrons. The van der Waals surface area contributed by atoms with E-state index in [2.05, 4.69) is 10.5 Å². The van der Waals surface area contributed by atoms with Gasteiger partial charge in [0.15, 0.2) is 5.76 Å². The maximum atomic E-state index is 11.4. The van der Waals surface area contributed by atoms with Crippen LogP contribution in [0, 0.1) is 0 Å². The van der Waals surface area contributed by atoms with Crippen molar-refractivity contribution >= 4 is 18.1 Å². The van der Waals surface area contributed by atoms with Crippen LogP contribution < -0.4 is 5.43 Å². The number of rotatable bonds is 4. The van der Waals surface area contributed by atoms with Gasteiger partial charge in [-0.15, -0.1) is 0 Å². The van der Waals surface area contributed by atoms with Gasteiger partial charge in [0, 0.05) is 0 Å². The van der Waals surface area contributed by atoms with Gasteiger partial charge in [-0.2, -0.15) is 5.10 Å². The lowest BCUT2D eigenvalue weighted by Gasteiger charge is -1.97. The van der Waals surface area contributed by atoms with Crippen LogP contribution in [-0.2, 0) is 0 Å². The van der Waals surface area contributed by atoms with Crippen molar-refractivity contribution in [3.8, 4) is 0 Å². The van der Waals surface area contributed by atoms with Gasteiger partial charge >= 0.3 is 11.9 Å². The molecular formula is C13H10N2O4. The van der Waals surface area contributed by atoms with Gasteiger partial charge in [-0.3, -0.25) is 4.79 Å². The van der Waals surface area contributed by atoms with E-state index in [1.165, 1.54) is 30.7 Å². The van der Waals surface area contributed by atoms with Crippen LogP contribution in [0.25, 0.3) is 0 Å². The molecule has 0 spiro atoms. The average Bonchev–Trinajstić information content (AvgIpc) is 2.93. The number of furan rings is 1. The summed E-state index contributed by atoms with van der Waals surface area (Å²) in [5.74, 6) is -1.28. The summed E-state index contributed by atoms with van der Waals surface area (Å²) in [6, 6.07) is 9.21. The molecule has 6 nitrogen and oxygen atoms in total. The molecule has 0 atom stereocenters. The Labute approximate surface area is 108 Å². The van der Waals surface area contributed by atoms with E-state index in [0.717, 1.165) is 0 Å². The molecule has 0 fully saturated rings. The van der Waals surface area contributed by atoms with Gasteiger partial charge < -0.3 is 9.52 Å². The average molecular weight is 258 g/mol. The second-order valence-electron chi connectivity index (χ2n) is 3.60. The van der Waals surface area contributed by atoms with Gasteiger partial charge in [0.25, 0.3) is 0 Å². The normalized spacial score (nSPS) is 10.5. The summed E-state index contributed by atoms with van der Waals surface area (Å²) in [6.45, 7) is 0. The Morgan fingerprint density at radius 2 is 1.95 bits per heavy atom. The molecule has 1 aromatic heterocycles. The molecule has 6 heteroatoms. The monoisotopic (exact) mass is 258 g/mol. The fourth-order valence-electron chi connectivity index (χ4n) is 1.34. The Bertz CT molecular complexity index is 600. The molecule has 0 aliphatic heterocycles. The number of hydrogen-bond donors (Lipinski definition) is 2. The Balaban J connectivity index is 1.95. The Kier molecular flexibility index (Phi) is 3.72. The summed E-state index contributed by atoms with van der Waals surface area (Å²) in [7, 11) is 0. The highest BCUT2D eigenvalue weighted by molar-refractivity contribution is 5.92. The first kappa shape index (κ1) is 12.6. The number of hydrogen-bond acceptors (Lipinski definition) is 4. The van der Waals surface area contributed by atoms with Crippen molar-refractivity contribution in [2.24, 2.45) is 5.10 Å². The summed E-state index contributed by atoms with van der Waals surface area (Å²) < 4.78 is 4.89. The highest BCUT2D eigenvalue weighted by Gasteiger charge is 2.05. The molecule has 0 unspecified atom stereocenters. The highest BCUT2D eigenvalue weighted by Crippen LogP contribution is 2.02. The van der Waals surface area contributed by atoms with Gasteiger partial charge in [0.1, 0.15) is 0 Å². The molecule has 1 amide bonds. The first-order valence-electron chi connectivity index (χ1n) is 5.37. The largest absolute Gasteiger partial charge is 0.478 e. The first-order valence-corrected chi connectivity index (χ1v) is 5.37. The first-order chi connectivity index (χ1) is 9.16. The molecule has 0 saturated carbocycles. The maximum absolute atomic E-state index is 11.4. The number of amides is 1. The number of benzene rings is 1. The zero-order chi connectivity index (χ0) is 13.7. The van der Waals surface area contributed by atoms with Gasteiger partial charge in [0.2, 0.25) is 0 Å². The topological polar surface area (TPSA) is 91.9 Å². The van der Waals surface area contributed by atoms with Crippen molar-refractivity contribution in [2.75, 3.05) is 0 Å². The van der Waals surface area contributed by atoms with Gasteiger partial charge in [0.05, 0.1) is 18.0 Å². The molecule has 0 aliphatic carbocycles. The number of carboxylic acid groups (broad SMARTS) is 1. The molecule has 19 heavy (non-hydrogen) atoms. The SMILES string of the molecule is O=C(O)c1ccc(C=NNC(=O)c2ccco2)cc1. The molecular weight excluding hydrogens is 248 g/mol. The molecule has 0 aliphatic rings. The van der Waals surface area contributed by atoms with E-state index in [4.69, 9.17) is 9.52 Å². The summed E-state index contributed by atoms with van der Waals surface area (Å²) in [4.78, 5) is 22.1. The van der Waals surface area contributed by atoms with Crippen molar-refractivity contribution < 1.29 is 19.1 Å². The van der Waals surface area contributed by atoms with Crippen molar-refractivity contribution in [2.45, 2.75) is 0 Å². The van der Waals surface area contributed by atoms with Crippen LogP contribution >= 0.6 is 0 Å².